The van der Waals surface area contributed by atoms with Gasteiger partial charge in [-0.25, -0.2) is 26.5 Å². The molecule has 0 amide bonds. The van der Waals surface area contributed by atoms with Crippen molar-refractivity contribution in [2.45, 2.75) is 12.0 Å². The van der Waals surface area contributed by atoms with Crippen molar-refractivity contribution in [3.63, 3.8) is 0 Å². The van der Waals surface area contributed by atoms with E-state index in [-0.39, 0.29) is 0 Å². The molecule has 0 spiro atoms. The van der Waals surface area contributed by atoms with Gasteiger partial charge in [-0.15, -0.1) is 30.3 Å². The Kier molecular flexibility index (Phi) is 5.81. The molecule has 0 fully saturated rings. The van der Waals surface area contributed by atoms with E-state index in [4.69, 9.17) is 0 Å². The molecule has 0 aromatic heterocycles. The van der Waals surface area contributed by atoms with Gasteiger partial charge in [-0.2, -0.15) is 4.20 Å². The first-order valence-electron chi connectivity index (χ1n) is 7.30. The highest BCUT2D eigenvalue weighted by molar-refractivity contribution is 7.77. The Bertz CT molecular complexity index is 1100. The van der Waals surface area contributed by atoms with Gasteiger partial charge < -0.3 is 4.74 Å². The minimum atomic E-state index is -6.43. The molecular formula is C12H6F10N3O2P3. The average molecular weight is 507 g/mol. The van der Waals surface area contributed by atoms with Gasteiger partial charge in [0.25, 0.3) is 0 Å². The van der Waals surface area contributed by atoms with Crippen molar-refractivity contribution in [1.29, 1.82) is 0 Å². The third-order valence-electron chi connectivity index (χ3n) is 3.37. The molecule has 1 aromatic rings. The fraction of sp³-hybridized carbons (Fsp3) is 0.167. The first kappa shape index (κ1) is 23.1. The van der Waals surface area contributed by atoms with Gasteiger partial charge in [-0.3, -0.25) is 0 Å². The molecule has 18 heteroatoms. The molecule has 166 valence electrons. The maximum atomic E-state index is 14.8. The van der Waals surface area contributed by atoms with Crippen LogP contribution in [0.2, 0.25) is 0 Å². The van der Waals surface area contributed by atoms with Crippen molar-refractivity contribution in [1.82, 2.24) is 0 Å². The highest BCUT2D eigenvalue weighted by Gasteiger charge is 2.61. The van der Waals surface area contributed by atoms with Crippen LogP contribution < -0.4 is 4.74 Å². The summed E-state index contributed by atoms with van der Waals surface area (Å²) in [6, 6.07) is 5.42. The van der Waals surface area contributed by atoms with E-state index >= 15 is 0 Å². The summed E-state index contributed by atoms with van der Waals surface area (Å²) in [7, 11) is -19.2. The Morgan fingerprint density at radius 1 is 0.800 bits per heavy atom. The van der Waals surface area contributed by atoms with Crippen LogP contribution in [0, 0.1) is 0 Å². The van der Waals surface area contributed by atoms with Gasteiger partial charge in [-0.05, 0) is 12.1 Å². The lowest BCUT2D eigenvalue weighted by Gasteiger charge is -2.37. The third-order valence-corrected chi connectivity index (χ3v) is 9.09. The molecule has 2 aliphatic rings. The SMILES string of the molecule is FC1=C(F)C(F)C(Oc2ccccc2)(OP2(F)=NP(F)(F)=NP(F)(F)=N2)C(F)=C1F. The van der Waals surface area contributed by atoms with Crippen molar-refractivity contribution in [2.24, 2.45) is 13.5 Å². The number of halogens is 10. The molecule has 0 radical (unpaired) electrons. The van der Waals surface area contributed by atoms with Gasteiger partial charge in [0.1, 0.15) is 5.75 Å². The summed E-state index contributed by atoms with van der Waals surface area (Å²) in [5.41, 5.74) is 0. The van der Waals surface area contributed by atoms with E-state index in [2.05, 4.69) is 9.26 Å². The smallest absolute Gasteiger partial charge is 0.425 e. The highest BCUT2D eigenvalue weighted by Crippen LogP contribution is 2.82. The number of nitrogens with zero attached hydrogens (tertiary/aromatic N) is 3. The van der Waals surface area contributed by atoms with Crippen molar-refractivity contribution >= 4 is 23.4 Å². The highest BCUT2D eigenvalue weighted by atomic mass is 31.3. The van der Waals surface area contributed by atoms with E-state index in [0.717, 1.165) is 24.3 Å². The predicted octanol–water partition coefficient (Wildman–Crippen LogP) is 9.13. The molecule has 1 aliphatic carbocycles. The molecule has 1 heterocycles. The Morgan fingerprint density at radius 2 is 1.37 bits per heavy atom. The van der Waals surface area contributed by atoms with E-state index < -0.39 is 64.4 Å². The zero-order valence-corrected chi connectivity index (χ0v) is 16.4. The van der Waals surface area contributed by atoms with E-state index in [9.17, 15) is 42.9 Å². The van der Waals surface area contributed by atoms with E-state index in [1.165, 1.54) is 6.07 Å². The topological polar surface area (TPSA) is 55.5 Å². The fourth-order valence-electron chi connectivity index (χ4n) is 2.27. The number of hydrogen-bond donors (Lipinski definition) is 0. The lowest BCUT2D eigenvalue weighted by atomic mass is 10.0. The van der Waals surface area contributed by atoms with Crippen LogP contribution in [0.3, 0.4) is 0 Å². The molecule has 0 saturated heterocycles. The summed E-state index contributed by atoms with van der Waals surface area (Å²) in [6.45, 7) is 0. The van der Waals surface area contributed by atoms with E-state index in [0.29, 0.717) is 0 Å². The van der Waals surface area contributed by atoms with Crippen molar-refractivity contribution in [3.05, 3.63) is 53.6 Å². The molecule has 3 unspecified atom stereocenters. The van der Waals surface area contributed by atoms with Crippen LogP contribution in [0.5, 0.6) is 5.75 Å². The van der Waals surface area contributed by atoms with Crippen LogP contribution in [-0.2, 0) is 4.52 Å². The molecule has 30 heavy (non-hydrogen) atoms. The first-order chi connectivity index (χ1) is 13.7. The minimum absolute atomic E-state index is 0.686. The number of alkyl halides is 1. The second-order valence-corrected chi connectivity index (χ2v) is 10.6. The summed E-state index contributed by atoms with van der Waals surface area (Å²) < 4.78 is 153. The maximum Gasteiger partial charge on any atom is 0.425 e. The van der Waals surface area contributed by atoms with Crippen LogP contribution in [0.1, 0.15) is 0 Å². The molecule has 1 aromatic carbocycles. The lowest BCUT2D eigenvalue weighted by Crippen LogP contribution is -2.50. The van der Waals surface area contributed by atoms with Crippen LogP contribution in [0.25, 0.3) is 0 Å². The number of ether oxygens (including phenoxy) is 1. The molecule has 1 aliphatic heterocycles. The fourth-order valence-corrected chi connectivity index (χ4v) is 7.67. The van der Waals surface area contributed by atoms with E-state index in [1.54, 1.807) is 4.52 Å². The summed E-state index contributed by atoms with van der Waals surface area (Å²) in [4.78, 5) is 0. The van der Waals surface area contributed by atoms with Crippen LogP contribution >= 0.6 is 23.4 Å². The normalized spacial score (nSPS) is 32.8. The predicted molar refractivity (Wildman–Crippen MR) is 87.9 cm³/mol. The molecule has 3 atom stereocenters. The quantitative estimate of drug-likeness (QED) is 0.232. The Balaban J connectivity index is 2.24. The first-order valence-corrected chi connectivity index (χ1v) is 11.8. The van der Waals surface area contributed by atoms with Crippen molar-refractivity contribution in [3.8, 4) is 5.75 Å². The van der Waals surface area contributed by atoms with Gasteiger partial charge in [0.15, 0.2) is 17.5 Å². The number of benzene rings is 1. The number of para-hydroxylation sites is 1. The van der Waals surface area contributed by atoms with Crippen LogP contribution in [-0.4, -0.2) is 12.0 Å². The maximum absolute atomic E-state index is 14.8. The van der Waals surface area contributed by atoms with Gasteiger partial charge in [0.05, 0.1) is 0 Å². The van der Waals surface area contributed by atoms with Crippen molar-refractivity contribution in [2.75, 3.05) is 0 Å². The molecule has 0 saturated carbocycles. The largest absolute Gasteiger partial charge is 0.452 e. The second-order valence-electron chi connectivity index (χ2n) is 5.48. The van der Waals surface area contributed by atoms with Crippen molar-refractivity contribution < 1.29 is 52.2 Å². The van der Waals surface area contributed by atoms with Gasteiger partial charge in [0.2, 0.25) is 12.0 Å². The number of rotatable bonds is 4. The van der Waals surface area contributed by atoms with Crippen LogP contribution in [0.15, 0.2) is 67.2 Å². The standard InChI is InChI=1S/C12H6F10N3O2P3/c13-7-8(14)10(16)12(11(17)9(7)15,26-6-4-2-1-3-5-6)27-30(22)24-28(18,19)23-29(20,21)25-30/h1-5,10H. The molecule has 0 bridgehead atoms. The molecule has 5 nitrogen and oxygen atoms in total. The van der Waals surface area contributed by atoms with Crippen LogP contribution in [0.4, 0.5) is 42.9 Å². The second kappa shape index (κ2) is 7.55. The number of allylic oxidation sites excluding steroid dienone is 2. The average Bonchev–Trinajstić information content (AvgIpc) is 2.61. The summed E-state index contributed by atoms with van der Waals surface area (Å²) in [5.74, 6) is -15.9. The zero-order chi connectivity index (χ0) is 22.5. The Labute approximate surface area is 161 Å². The molecule has 0 N–H and O–H groups in total. The summed E-state index contributed by atoms with van der Waals surface area (Å²) in [5, 5.41) is 0. The molecule has 3 rings (SSSR count). The van der Waals surface area contributed by atoms with Gasteiger partial charge in [0, 0.05) is 0 Å². The van der Waals surface area contributed by atoms with E-state index in [1.807, 2.05) is 9.03 Å². The zero-order valence-electron chi connectivity index (χ0n) is 13.7. The Morgan fingerprint density at radius 3 is 1.93 bits per heavy atom. The monoisotopic (exact) mass is 507 g/mol. The lowest BCUT2D eigenvalue weighted by molar-refractivity contribution is -0.144. The number of hydrogen-bond acceptors (Lipinski definition) is 5. The van der Waals surface area contributed by atoms with Gasteiger partial charge in [-0.1, -0.05) is 18.2 Å². The Hall–Kier alpha value is -1.55. The minimum Gasteiger partial charge on any atom is -0.452 e. The summed E-state index contributed by atoms with van der Waals surface area (Å²) in [6.07, 6.45) is -3.85. The summed E-state index contributed by atoms with van der Waals surface area (Å²) >= 11 is 0. The third kappa shape index (κ3) is 4.26. The molecular weight excluding hydrogens is 501 g/mol. The van der Waals surface area contributed by atoms with Gasteiger partial charge >= 0.3 is 29.2 Å².